The summed E-state index contributed by atoms with van der Waals surface area (Å²) < 4.78 is 5.36. The van der Waals surface area contributed by atoms with Crippen LogP contribution in [0.25, 0.3) is 0 Å². The molecule has 1 atom stereocenters. The molecule has 0 bridgehead atoms. The van der Waals surface area contributed by atoms with Crippen LogP contribution in [0.4, 0.5) is 15.6 Å². The number of anilines is 2. The van der Waals surface area contributed by atoms with E-state index in [2.05, 4.69) is 15.3 Å². The maximum atomic E-state index is 13.8. The lowest BCUT2D eigenvalue weighted by Gasteiger charge is -2.26. The van der Waals surface area contributed by atoms with Gasteiger partial charge in [-0.3, -0.25) is 14.7 Å². The molecule has 1 unspecified atom stereocenters. The third-order valence-electron chi connectivity index (χ3n) is 4.61. The monoisotopic (exact) mass is 444 g/mol. The fourth-order valence-corrected chi connectivity index (χ4v) is 3.76. The molecular formula is C24H20N4O3S. The van der Waals surface area contributed by atoms with Crippen molar-refractivity contribution >= 4 is 34.2 Å². The van der Waals surface area contributed by atoms with Gasteiger partial charge in [-0.2, -0.15) is 0 Å². The summed E-state index contributed by atoms with van der Waals surface area (Å²) in [5, 5.41) is 5.00. The van der Waals surface area contributed by atoms with Crippen LogP contribution in [-0.4, -0.2) is 22.0 Å². The van der Waals surface area contributed by atoms with Crippen LogP contribution in [0.1, 0.15) is 17.2 Å². The molecule has 8 heteroatoms. The Morgan fingerprint density at radius 1 is 0.938 bits per heavy atom. The van der Waals surface area contributed by atoms with Gasteiger partial charge in [0.1, 0.15) is 12.6 Å². The summed E-state index contributed by atoms with van der Waals surface area (Å²) in [7, 11) is 0. The van der Waals surface area contributed by atoms with Gasteiger partial charge in [0.15, 0.2) is 5.13 Å². The number of thiazole rings is 1. The molecule has 2 amide bonds. The summed E-state index contributed by atoms with van der Waals surface area (Å²) in [6.07, 6.45) is 4.13. The van der Waals surface area contributed by atoms with Crippen molar-refractivity contribution in [2.45, 2.75) is 12.6 Å². The number of carbonyl (C=O) groups is 2. The van der Waals surface area contributed by atoms with Crippen molar-refractivity contribution in [1.29, 1.82) is 0 Å². The molecule has 0 fully saturated rings. The number of hydrogen-bond acceptors (Lipinski definition) is 6. The number of carbonyl (C=O) groups excluding carboxylic acids is 2. The molecule has 160 valence electrons. The predicted octanol–water partition coefficient (Wildman–Crippen LogP) is 4.87. The summed E-state index contributed by atoms with van der Waals surface area (Å²) in [6.45, 7) is 0.100. The number of aromatic nitrogens is 2. The zero-order chi connectivity index (χ0) is 22.2. The normalized spacial score (nSPS) is 11.4. The number of rotatable bonds is 7. The molecule has 2 aromatic carbocycles. The molecule has 0 aliphatic heterocycles. The van der Waals surface area contributed by atoms with Crippen LogP contribution >= 0.6 is 11.3 Å². The van der Waals surface area contributed by atoms with E-state index in [0.717, 1.165) is 5.56 Å². The summed E-state index contributed by atoms with van der Waals surface area (Å²) in [5.74, 6) is -0.367. The zero-order valence-corrected chi connectivity index (χ0v) is 17.8. The number of nitrogens with zero attached hydrogens (tertiary/aromatic N) is 3. The fraction of sp³-hybridized carbons (Fsp3) is 0.0833. The van der Waals surface area contributed by atoms with Gasteiger partial charge >= 0.3 is 6.09 Å². The molecule has 0 saturated heterocycles. The van der Waals surface area contributed by atoms with E-state index in [4.69, 9.17) is 4.74 Å². The molecule has 0 saturated carbocycles. The summed E-state index contributed by atoms with van der Waals surface area (Å²) in [5.41, 5.74) is 2.08. The van der Waals surface area contributed by atoms with E-state index in [1.54, 1.807) is 48.2 Å². The molecule has 0 aliphatic rings. The molecule has 1 N–H and O–H groups in total. The Hall–Kier alpha value is -4.04. The number of hydrogen-bond donors (Lipinski definition) is 1. The first-order valence-corrected chi connectivity index (χ1v) is 10.8. The second-order valence-corrected chi connectivity index (χ2v) is 7.62. The van der Waals surface area contributed by atoms with Gasteiger partial charge in [0, 0.05) is 24.0 Å². The van der Waals surface area contributed by atoms with E-state index >= 15 is 0 Å². The Morgan fingerprint density at radius 2 is 1.62 bits per heavy atom. The Kier molecular flexibility index (Phi) is 6.84. The molecule has 4 rings (SSSR count). The minimum absolute atomic E-state index is 0.100. The lowest BCUT2D eigenvalue weighted by Crippen LogP contribution is -2.41. The highest BCUT2D eigenvalue weighted by molar-refractivity contribution is 7.13. The lowest BCUT2D eigenvalue weighted by atomic mass is 10.1. The van der Waals surface area contributed by atoms with E-state index in [1.165, 1.54) is 16.2 Å². The smallest absolute Gasteiger partial charge is 0.408 e. The molecule has 2 heterocycles. The van der Waals surface area contributed by atoms with Gasteiger partial charge < -0.3 is 10.1 Å². The molecule has 0 spiro atoms. The first-order chi connectivity index (χ1) is 15.7. The van der Waals surface area contributed by atoms with Gasteiger partial charge in [0.2, 0.25) is 0 Å². The maximum Gasteiger partial charge on any atom is 0.408 e. The van der Waals surface area contributed by atoms with Gasteiger partial charge in [-0.05, 0) is 23.3 Å². The Morgan fingerprint density at radius 3 is 2.28 bits per heavy atom. The second kappa shape index (κ2) is 10.3. The highest BCUT2D eigenvalue weighted by atomic mass is 32.1. The third-order valence-corrected chi connectivity index (χ3v) is 5.36. The Balaban J connectivity index is 1.60. The summed E-state index contributed by atoms with van der Waals surface area (Å²) in [6, 6.07) is 20.8. The van der Waals surface area contributed by atoms with Gasteiger partial charge in [0.05, 0.1) is 5.69 Å². The molecule has 7 nitrogen and oxygen atoms in total. The molecular weight excluding hydrogens is 424 g/mol. The van der Waals surface area contributed by atoms with E-state index in [1.807, 2.05) is 48.5 Å². The number of pyridine rings is 1. The minimum atomic E-state index is -0.975. The van der Waals surface area contributed by atoms with Gasteiger partial charge in [-0.25, -0.2) is 9.78 Å². The lowest BCUT2D eigenvalue weighted by molar-refractivity contribution is -0.120. The molecule has 32 heavy (non-hydrogen) atoms. The van der Waals surface area contributed by atoms with Gasteiger partial charge in [0.25, 0.3) is 5.91 Å². The first-order valence-electron chi connectivity index (χ1n) is 9.88. The van der Waals surface area contributed by atoms with Crippen molar-refractivity contribution in [2.75, 3.05) is 4.90 Å². The largest absolute Gasteiger partial charge is 0.445 e. The summed E-state index contributed by atoms with van der Waals surface area (Å²) in [4.78, 5) is 36.2. The Bertz CT molecular complexity index is 1140. The van der Waals surface area contributed by atoms with Crippen molar-refractivity contribution in [3.8, 4) is 0 Å². The molecule has 4 aromatic rings. The quantitative estimate of drug-likeness (QED) is 0.440. The topological polar surface area (TPSA) is 84.4 Å². The van der Waals surface area contributed by atoms with Crippen molar-refractivity contribution in [1.82, 2.24) is 15.3 Å². The predicted molar refractivity (Wildman–Crippen MR) is 122 cm³/mol. The molecule has 0 radical (unpaired) electrons. The minimum Gasteiger partial charge on any atom is -0.445 e. The maximum absolute atomic E-state index is 13.8. The van der Waals surface area contributed by atoms with Crippen LogP contribution in [0.5, 0.6) is 0 Å². The van der Waals surface area contributed by atoms with Crippen molar-refractivity contribution in [2.24, 2.45) is 0 Å². The Labute approximate surface area is 189 Å². The van der Waals surface area contributed by atoms with Crippen LogP contribution < -0.4 is 10.2 Å². The average Bonchev–Trinajstić information content (AvgIpc) is 3.37. The van der Waals surface area contributed by atoms with Crippen LogP contribution in [0.2, 0.25) is 0 Å². The number of nitrogens with one attached hydrogen (secondary N) is 1. The van der Waals surface area contributed by atoms with Crippen LogP contribution in [0.3, 0.4) is 0 Å². The zero-order valence-electron chi connectivity index (χ0n) is 17.0. The number of benzene rings is 2. The SMILES string of the molecule is O=C(NC(C(=O)N(c1ccncc1)c1nccs1)c1ccccc1)OCc1ccccc1. The highest BCUT2D eigenvalue weighted by Crippen LogP contribution is 2.30. The molecule has 2 aromatic heterocycles. The third kappa shape index (κ3) is 5.16. The number of alkyl carbamates (subject to hydrolysis) is 1. The van der Waals surface area contributed by atoms with E-state index in [0.29, 0.717) is 16.4 Å². The first kappa shape index (κ1) is 21.2. The van der Waals surface area contributed by atoms with E-state index < -0.39 is 12.1 Å². The van der Waals surface area contributed by atoms with E-state index in [-0.39, 0.29) is 12.5 Å². The average molecular weight is 445 g/mol. The van der Waals surface area contributed by atoms with Crippen LogP contribution in [0, 0.1) is 0 Å². The second-order valence-electron chi connectivity index (χ2n) is 6.74. The fourth-order valence-electron chi connectivity index (χ4n) is 3.10. The van der Waals surface area contributed by atoms with Crippen LogP contribution in [0.15, 0.2) is 96.8 Å². The van der Waals surface area contributed by atoms with Crippen LogP contribution in [-0.2, 0) is 16.1 Å². The highest BCUT2D eigenvalue weighted by Gasteiger charge is 2.31. The number of ether oxygens (including phenoxy) is 1. The summed E-state index contributed by atoms with van der Waals surface area (Å²) >= 11 is 1.32. The van der Waals surface area contributed by atoms with Crippen molar-refractivity contribution in [3.05, 3.63) is 108 Å². The van der Waals surface area contributed by atoms with Crippen molar-refractivity contribution in [3.63, 3.8) is 0 Å². The van der Waals surface area contributed by atoms with Crippen molar-refractivity contribution < 1.29 is 14.3 Å². The van der Waals surface area contributed by atoms with Gasteiger partial charge in [-0.15, -0.1) is 11.3 Å². The standard InChI is InChI=1S/C24H20N4O3S/c29-22(28(23-26-15-16-32-23)20-11-13-25-14-12-20)21(19-9-5-2-6-10-19)27-24(30)31-17-18-7-3-1-4-8-18/h1-16,21H,17H2,(H,27,30). The van der Waals surface area contributed by atoms with Gasteiger partial charge in [-0.1, -0.05) is 60.7 Å². The van der Waals surface area contributed by atoms with E-state index in [9.17, 15) is 9.59 Å². The molecule has 0 aliphatic carbocycles. The number of amides is 2.